The van der Waals surface area contributed by atoms with Crippen LogP contribution in [0.25, 0.3) is 0 Å². The van der Waals surface area contributed by atoms with E-state index in [2.05, 4.69) is 5.32 Å². The van der Waals surface area contributed by atoms with Crippen LogP contribution in [0.3, 0.4) is 0 Å². The number of aliphatic carboxylic acids is 1. The average molecular weight is 264 g/mol. The molecule has 2 amide bonds. The third-order valence-electron chi connectivity index (χ3n) is 2.87. The van der Waals surface area contributed by atoms with Gasteiger partial charge in [0.15, 0.2) is 0 Å². The number of benzene rings is 1. The maximum absolute atomic E-state index is 12.0. The lowest BCUT2D eigenvalue weighted by Gasteiger charge is -2.21. The number of carbonyl (C=O) groups excluding carboxylic acids is 1. The zero-order chi connectivity index (χ0) is 14.4. The first-order valence-electron chi connectivity index (χ1n) is 6.29. The third kappa shape index (κ3) is 4.28. The number of nitrogens with one attached hydrogen (secondary N) is 1. The lowest BCUT2D eigenvalue weighted by molar-refractivity contribution is -0.139. The molecule has 1 aromatic rings. The summed E-state index contributed by atoms with van der Waals surface area (Å²) in [5.74, 6) is -1.01. The van der Waals surface area contributed by atoms with Crippen LogP contribution in [0.2, 0.25) is 0 Å². The standard InChI is InChI=1S/C14H20N2O3/c1-4-6-12(13(17)18)15-14(19)16(3)11-8-5-7-10(2)9-11/h5,7-9,12H,4,6H2,1-3H3,(H,15,19)(H,17,18). The number of aryl methyl sites for hydroxylation is 1. The number of anilines is 1. The van der Waals surface area contributed by atoms with Gasteiger partial charge in [-0.3, -0.25) is 4.90 Å². The molecular formula is C14H20N2O3. The lowest BCUT2D eigenvalue weighted by Crippen LogP contribution is -2.46. The summed E-state index contributed by atoms with van der Waals surface area (Å²) in [6, 6.07) is 6.22. The second kappa shape index (κ2) is 6.78. The van der Waals surface area contributed by atoms with Crippen molar-refractivity contribution in [3.63, 3.8) is 0 Å². The summed E-state index contributed by atoms with van der Waals surface area (Å²) in [4.78, 5) is 24.4. The maximum Gasteiger partial charge on any atom is 0.326 e. The monoisotopic (exact) mass is 264 g/mol. The minimum Gasteiger partial charge on any atom is -0.480 e. The number of carbonyl (C=O) groups is 2. The van der Waals surface area contributed by atoms with Gasteiger partial charge in [0.1, 0.15) is 6.04 Å². The van der Waals surface area contributed by atoms with Gasteiger partial charge in [0.05, 0.1) is 0 Å². The van der Waals surface area contributed by atoms with E-state index in [1.165, 1.54) is 4.90 Å². The first kappa shape index (κ1) is 15.0. The molecule has 0 bridgehead atoms. The molecule has 0 spiro atoms. The highest BCUT2D eigenvalue weighted by Crippen LogP contribution is 2.14. The fourth-order valence-corrected chi connectivity index (χ4v) is 1.75. The molecule has 0 radical (unpaired) electrons. The molecule has 0 aliphatic carbocycles. The molecule has 0 aliphatic rings. The average Bonchev–Trinajstić information content (AvgIpc) is 2.37. The van der Waals surface area contributed by atoms with Crippen LogP contribution >= 0.6 is 0 Å². The van der Waals surface area contributed by atoms with Gasteiger partial charge in [-0.2, -0.15) is 0 Å². The second-order valence-corrected chi connectivity index (χ2v) is 4.53. The fraction of sp³-hybridized carbons (Fsp3) is 0.429. The molecule has 0 heterocycles. The van der Waals surface area contributed by atoms with Crippen molar-refractivity contribution in [3.05, 3.63) is 29.8 Å². The van der Waals surface area contributed by atoms with E-state index in [0.29, 0.717) is 12.8 Å². The van der Waals surface area contributed by atoms with E-state index < -0.39 is 18.0 Å². The molecule has 1 unspecified atom stereocenters. The summed E-state index contributed by atoms with van der Waals surface area (Å²) in [6.45, 7) is 3.82. The van der Waals surface area contributed by atoms with E-state index >= 15 is 0 Å². The van der Waals surface area contributed by atoms with Gasteiger partial charge < -0.3 is 10.4 Å². The number of hydrogen-bond acceptors (Lipinski definition) is 2. The van der Waals surface area contributed by atoms with E-state index in [4.69, 9.17) is 5.11 Å². The van der Waals surface area contributed by atoms with Crippen LogP contribution in [0.5, 0.6) is 0 Å². The van der Waals surface area contributed by atoms with Crippen molar-refractivity contribution in [2.75, 3.05) is 11.9 Å². The number of rotatable bonds is 5. The lowest BCUT2D eigenvalue weighted by atomic mass is 10.2. The molecule has 5 nitrogen and oxygen atoms in total. The minimum atomic E-state index is -1.01. The minimum absolute atomic E-state index is 0.411. The quantitative estimate of drug-likeness (QED) is 0.858. The van der Waals surface area contributed by atoms with Crippen molar-refractivity contribution in [2.45, 2.75) is 32.7 Å². The number of urea groups is 1. The number of amides is 2. The Kier molecular flexibility index (Phi) is 5.36. The summed E-state index contributed by atoms with van der Waals surface area (Å²) in [5, 5.41) is 11.5. The van der Waals surface area contributed by atoms with Gasteiger partial charge in [0, 0.05) is 12.7 Å². The van der Waals surface area contributed by atoms with E-state index in [1.54, 1.807) is 7.05 Å². The summed E-state index contributed by atoms with van der Waals surface area (Å²) < 4.78 is 0. The molecule has 1 rings (SSSR count). The predicted molar refractivity (Wildman–Crippen MR) is 74.4 cm³/mol. The maximum atomic E-state index is 12.0. The first-order valence-corrected chi connectivity index (χ1v) is 6.29. The summed E-state index contributed by atoms with van der Waals surface area (Å²) in [5.41, 5.74) is 1.78. The molecule has 1 aromatic carbocycles. The first-order chi connectivity index (χ1) is 8.95. The Labute approximate surface area is 113 Å². The van der Waals surface area contributed by atoms with Gasteiger partial charge in [0.2, 0.25) is 0 Å². The molecule has 0 aliphatic heterocycles. The van der Waals surface area contributed by atoms with Gasteiger partial charge in [-0.25, -0.2) is 9.59 Å². The van der Waals surface area contributed by atoms with Crippen LogP contribution in [0.1, 0.15) is 25.3 Å². The largest absolute Gasteiger partial charge is 0.480 e. The Morgan fingerprint density at radius 1 is 1.42 bits per heavy atom. The van der Waals surface area contributed by atoms with Crippen LogP contribution < -0.4 is 10.2 Å². The SMILES string of the molecule is CCCC(NC(=O)N(C)c1cccc(C)c1)C(=O)O. The third-order valence-corrected chi connectivity index (χ3v) is 2.87. The van der Waals surface area contributed by atoms with Crippen molar-refractivity contribution >= 4 is 17.7 Å². The topological polar surface area (TPSA) is 69.6 Å². The van der Waals surface area contributed by atoms with Crippen LogP contribution in [0.4, 0.5) is 10.5 Å². The Bertz CT molecular complexity index is 460. The molecule has 0 saturated heterocycles. The summed E-state index contributed by atoms with van der Waals surface area (Å²) >= 11 is 0. The molecule has 1 atom stereocenters. The zero-order valence-corrected chi connectivity index (χ0v) is 11.5. The van der Waals surface area contributed by atoms with Crippen LogP contribution in [-0.4, -0.2) is 30.2 Å². The van der Waals surface area contributed by atoms with E-state index in [9.17, 15) is 9.59 Å². The molecule has 104 valence electrons. The van der Waals surface area contributed by atoms with Crippen molar-refractivity contribution in [1.29, 1.82) is 0 Å². The van der Waals surface area contributed by atoms with Crippen LogP contribution in [0, 0.1) is 6.92 Å². The Hall–Kier alpha value is -2.04. The van der Waals surface area contributed by atoms with E-state index in [1.807, 2.05) is 38.1 Å². The molecule has 0 saturated carbocycles. The normalized spacial score (nSPS) is 11.7. The van der Waals surface area contributed by atoms with Crippen molar-refractivity contribution in [3.8, 4) is 0 Å². The van der Waals surface area contributed by atoms with Crippen LogP contribution in [-0.2, 0) is 4.79 Å². The van der Waals surface area contributed by atoms with Gasteiger partial charge in [0.25, 0.3) is 0 Å². The van der Waals surface area contributed by atoms with Crippen molar-refractivity contribution < 1.29 is 14.7 Å². The van der Waals surface area contributed by atoms with Gasteiger partial charge in [-0.05, 0) is 31.0 Å². The number of nitrogens with zero attached hydrogens (tertiary/aromatic N) is 1. The highest BCUT2D eigenvalue weighted by Gasteiger charge is 2.21. The molecule has 5 heteroatoms. The molecule has 0 fully saturated rings. The Morgan fingerprint density at radius 2 is 2.11 bits per heavy atom. The number of hydrogen-bond donors (Lipinski definition) is 2. The van der Waals surface area contributed by atoms with Gasteiger partial charge in [-0.1, -0.05) is 25.5 Å². The van der Waals surface area contributed by atoms with Crippen molar-refractivity contribution in [2.24, 2.45) is 0 Å². The Morgan fingerprint density at radius 3 is 2.63 bits per heavy atom. The highest BCUT2D eigenvalue weighted by molar-refractivity contribution is 5.94. The fourth-order valence-electron chi connectivity index (χ4n) is 1.75. The number of carboxylic acids is 1. The summed E-state index contributed by atoms with van der Waals surface area (Å²) in [6.07, 6.45) is 1.12. The van der Waals surface area contributed by atoms with Crippen molar-refractivity contribution in [1.82, 2.24) is 5.32 Å². The Balaban J connectivity index is 2.74. The molecular weight excluding hydrogens is 244 g/mol. The molecule has 0 aromatic heterocycles. The molecule has 19 heavy (non-hydrogen) atoms. The van der Waals surface area contributed by atoms with Gasteiger partial charge >= 0.3 is 12.0 Å². The predicted octanol–water partition coefficient (Wildman–Crippen LogP) is 2.39. The number of carboxylic acid groups (broad SMARTS) is 1. The zero-order valence-electron chi connectivity index (χ0n) is 11.5. The summed E-state index contributed by atoms with van der Waals surface area (Å²) in [7, 11) is 1.62. The van der Waals surface area contributed by atoms with E-state index in [0.717, 1.165) is 11.3 Å². The smallest absolute Gasteiger partial charge is 0.326 e. The van der Waals surface area contributed by atoms with Gasteiger partial charge in [-0.15, -0.1) is 0 Å². The van der Waals surface area contributed by atoms with Crippen LogP contribution in [0.15, 0.2) is 24.3 Å². The molecule has 2 N–H and O–H groups in total. The van der Waals surface area contributed by atoms with E-state index in [-0.39, 0.29) is 0 Å². The second-order valence-electron chi connectivity index (χ2n) is 4.53. The highest BCUT2D eigenvalue weighted by atomic mass is 16.4.